The summed E-state index contributed by atoms with van der Waals surface area (Å²) < 4.78 is 5.09. The molecule has 0 unspecified atom stereocenters. The Kier molecular flexibility index (Phi) is 2.44. The third-order valence-corrected chi connectivity index (χ3v) is 2.47. The molecule has 1 heterocycles. The Morgan fingerprint density at radius 3 is 2.87 bits per heavy atom. The maximum absolute atomic E-state index is 8.92. The van der Waals surface area contributed by atoms with Crippen LogP contribution >= 0.6 is 11.6 Å². The average molecular weight is 219 g/mol. The van der Waals surface area contributed by atoms with Gasteiger partial charge in [0, 0.05) is 17.0 Å². The largest absolute Gasteiger partial charge is 0.497 e. The molecule has 74 valence electrons. The van der Waals surface area contributed by atoms with Crippen LogP contribution in [0.5, 0.6) is 5.75 Å². The molecule has 0 radical (unpaired) electrons. The molecule has 4 heteroatoms. The van der Waals surface area contributed by atoms with Crippen LogP contribution in [0.15, 0.2) is 24.4 Å². The van der Waals surface area contributed by atoms with Crippen LogP contribution in [0.2, 0.25) is 5.15 Å². The van der Waals surface area contributed by atoms with Crippen molar-refractivity contribution in [1.29, 1.82) is 5.26 Å². The molecule has 15 heavy (non-hydrogen) atoms. The van der Waals surface area contributed by atoms with Gasteiger partial charge in [0.2, 0.25) is 0 Å². The molecule has 1 aromatic carbocycles. The number of nitriles is 1. The van der Waals surface area contributed by atoms with E-state index in [1.165, 1.54) is 6.20 Å². The lowest BCUT2D eigenvalue weighted by atomic mass is 10.1. The summed E-state index contributed by atoms with van der Waals surface area (Å²) in [4.78, 5) is 3.94. The lowest BCUT2D eigenvalue weighted by molar-refractivity contribution is 0.415. The molecule has 2 aromatic rings. The van der Waals surface area contributed by atoms with E-state index in [-0.39, 0.29) is 0 Å². The van der Waals surface area contributed by atoms with Crippen molar-refractivity contribution in [2.75, 3.05) is 7.11 Å². The van der Waals surface area contributed by atoms with Crippen LogP contribution in [0.4, 0.5) is 0 Å². The van der Waals surface area contributed by atoms with Crippen LogP contribution in [0, 0.1) is 11.3 Å². The topological polar surface area (TPSA) is 45.9 Å². The van der Waals surface area contributed by atoms with Crippen molar-refractivity contribution in [2.24, 2.45) is 0 Å². The first-order chi connectivity index (χ1) is 7.26. The Morgan fingerprint density at radius 1 is 1.40 bits per heavy atom. The van der Waals surface area contributed by atoms with Gasteiger partial charge >= 0.3 is 0 Å². The second kappa shape index (κ2) is 3.76. The van der Waals surface area contributed by atoms with Gasteiger partial charge in [-0.25, -0.2) is 4.98 Å². The van der Waals surface area contributed by atoms with Crippen LogP contribution in [0.25, 0.3) is 10.8 Å². The molecule has 0 atom stereocenters. The molecule has 0 aliphatic rings. The van der Waals surface area contributed by atoms with Gasteiger partial charge in [-0.15, -0.1) is 0 Å². The molecule has 0 saturated heterocycles. The highest BCUT2D eigenvalue weighted by molar-refractivity contribution is 6.34. The Bertz CT molecular complexity index is 560. The number of methoxy groups -OCH3 is 1. The molecule has 0 saturated carbocycles. The van der Waals surface area contributed by atoms with E-state index in [9.17, 15) is 0 Å². The van der Waals surface area contributed by atoms with Crippen molar-refractivity contribution in [2.45, 2.75) is 0 Å². The zero-order valence-electron chi connectivity index (χ0n) is 7.99. The Hall–Kier alpha value is -1.79. The number of aromatic nitrogens is 1. The van der Waals surface area contributed by atoms with Gasteiger partial charge in [0.1, 0.15) is 17.0 Å². The summed E-state index contributed by atoms with van der Waals surface area (Å²) in [6.07, 6.45) is 1.46. The van der Waals surface area contributed by atoms with Crippen LogP contribution < -0.4 is 4.74 Å². The highest BCUT2D eigenvalue weighted by Crippen LogP contribution is 2.27. The molecule has 3 nitrogen and oxygen atoms in total. The summed E-state index contributed by atoms with van der Waals surface area (Å²) in [6.45, 7) is 0. The van der Waals surface area contributed by atoms with Gasteiger partial charge in [-0.1, -0.05) is 11.6 Å². The predicted octanol–water partition coefficient (Wildman–Crippen LogP) is 2.77. The minimum Gasteiger partial charge on any atom is -0.497 e. The first-order valence-electron chi connectivity index (χ1n) is 4.28. The number of pyridine rings is 1. The quantitative estimate of drug-likeness (QED) is 0.692. The van der Waals surface area contributed by atoms with E-state index in [0.29, 0.717) is 16.5 Å². The van der Waals surface area contributed by atoms with E-state index in [2.05, 4.69) is 11.1 Å². The fraction of sp³-hybridized carbons (Fsp3) is 0.0909. The minimum absolute atomic E-state index is 0.395. The summed E-state index contributed by atoms with van der Waals surface area (Å²) in [7, 11) is 1.58. The summed E-state index contributed by atoms with van der Waals surface area (Å²) >= 11 is 5.92. The zero-order valence-corrected chi connectivity index (χ0v) is 8.75. The van der Waals surface area contributed by atoms with Crippen molar-refractivity contribution >= 4 is 22.4 Å². The van der Waals surface area contributed by atoms with E-state index >= 15 is 0 Å². The lowest BCUT2D eigenvalue weighted by Gasteiger charge is -2.04. The van der Waals surface area contributed by atoms with Gasteiger partial charge in [-0.3, -0.25) is 0 Å². The molecular formula is C11H7ClN2O. The number of fused-ring (bicyclic) bond motifs is 1. The predicted molar refractivity (Wildman–Crippen MR) is 58.0 cm³/mol. The smallest absolute Gasteiger partial charge is 0.136 e. The van der Waals surface area contributed by atoms with Gasteiger partial charge in [0.25, 0.3) is 0 Å². The maximum Gasteiger partial charge on any atom is 0.136 e. The van der Waals surface area contributed by atoms with E-state index in [4.69, 9.17) is 21.6 Å². The molecule has 0 spiro atoms. The number of hydrogen-bond acceptors (Lipinski definition) is 3. The Labute approximate surface area is 91.9 Å². The second-order valence-electron chi connectivity index (χ2n) is 2.99. The van der Waals surface area contributed by atoms with E-state index < -0.39 is 0 Å². The normalized spacial score (nSPS) is 9.93. The summed E-state index contributed by atoms with van der Waals surface area (Å²) in [5, 5.41) is 10.8. The molecule has 0 N–H and O–H groups in total. The number of benzene rings is 1. The van der Waals surface area contributed by atoms with Crippen molar-refractivity contribution in [3.05, 3.63) is 35.1 Å². The van der Waals surface area contributed by atoms with Gasteiger partial charge in [-0.05, 0) is 18.2 Å². The Balaban J connectivity index is 2.84. The number of nitrogens with zero attached hydrogens (tertiary/aromatic N) is 2. The van der Waals surface area contributed by atoms with E-state index in [1.54, 1.807) is 25.3 Å². The minimum atomic E-state index is 0.395. The zero-order chi connectivity index (χ0) is 10.8. The molecule has 1 aromatic heterocycles. The fourth-order valence-corrected chi connectivity index (χ4v) is 1.62. The number of halogens is 1. The first-order valence-corrected chi connectivity index (χ1v) is 4.66. The molecule has 0 aliphatic carbocycles. The number of ether oxygens (including phenoxy) is 1. The number of hydrogen-bond donors (Lipinski definition) is 0. The van der Waals surface area contributed by atoms with Crippen molar-refractivity contribution < 1.29 is 4.74 Å². The number of rotatable bonds is 1. The molecule has 0 aliphatic heterocycles. The monoisotopic (exact) mass is 218 g/mol. The van der Waals surface area contributed by atoms with Crippen LogP contribution in [0.1, 0.15) is 5.56 Å². The molecule has 0 bridgehead atoms. The highest BCUT2D eigenvalue weighted by atomic mass is 35.5. The third-order valence-electron chi connectivity index (χ3n) is 2.17. The lowest BCUT2D eigenvalue weighted by Crippen LogP contribution is -1.87. The fourth-order valence-electron chi connectivity index (χ4n) is 1.40. The summed E-state index contributed by atoms with van der Waals surface area (Å²) in [6, 6.07) is 7.44. The summed E-state index contributed by atoms with van der Waals surface area (Å²) in [5.41, 5.74) is 0.494. The third kappa shape index (κ3) is 1.60. The van der Waals surface area contributed by atoms with Gasteiger partial charge in [0.05, 0.1) is 12.7 Å². The van der Waals surface area contributed by atoms with Crippen molar-refractivity contribution in [3.8, 4) is 11.8 Å². The highest BCUT2D eigenvalue weighted by Gasteiger charge is 2.06. The molecule has 2 rings (SSSR count). The Morgan fingerprint density at radius 2 is 2.20 bits per heavy atom. The van der Waals surface area contributed by atoms with Crippen LogP contribution in [-0.2, 0) is 0 Å². The van der Waals surface area contributed by atoms with Gasteiger partial charge < -0.3 is 4.74 Å². The standard InChI is InChI=1S/C11H7ClN2O/c1-15-8-2-3-9-10(4-8)7(5-13)6-14-11(9)12/h2-4,6H,1H3. The average Bonchev–Trinajstić information content (AvgIpc) is 2.29. The molecule has 0 fully saturated rings. The summed E-state index contributed by atoms with van der Waals surface area (Å²) in [5.74, 6) is 0.696. The van der Waals surface area contributed by atoms with Crippen LogP contribution in [-0.4, -0.2) is 12.1 Å². The van der Waals surface area contributed by atoms with Gasteiger partial charge in [-0.2, -0.15) is 5.26 Å². The van der Waals surface area contributed by atoms with E-state index in [1.807, 2.05) is 0 Å². The molecular weight excluding hydrogens is 212 g/mol. The van der Waals surface area contributed by atoms with Crippen LogP contribution in [0.3, 0.4) is 0 Å². The molecule has 0 amide bonds. The maximum atomic E-state index is 8.92. The first kappa shape index (κ1) is 9.75. The SMILES string of the molecule is COc1ccc2c(Cl)ncc(C#N)c2c1. The second-order valence-corrected chi connectivity index (χ2v) is 3.34. The van der Waals surface area contributed by atoms with Crippen molar-refractivity contribution in [3.63, 3.8) is 0 Å². The van der Waals surface area contributed by atoms with E-state index in [0.717, 1.165) is 10.8 Å². The van der Waals surface area contributed by atoms with Crippen molar-refractivity contribution in [1.82, 2.24) is 4.98 Å². The van der Waals surface area contributed by atoms with Gasteiger partial charge in [0.15, 0.2) is 0 Å².